The highest BCUT2D eigenvalue weighted by Crippen LogP contribution is 2.38. The molecule has 1 saturated heterocycles. The predicted molar refractivity (Wildman–Crippen MR) is 153 cm³/mol. The van der Waals surface area contributed by atoms with Crippen LogP contribution in [0.3, 0.4) is 0 Å². The van der Waals surface area contributed by atoms with Crippen LogP contribution in [0.15, 0.2) is 70.7 Å². The summed E-state index contributed by atoms with van der Waals surface area (Å²) in [6.45, 7) is 2.22. The molecule has 0 radical (unpaired) electrons. The molecule has 0 saturated carbocycles. The van der Waals surface area contributed by atoms with Crippen molar-refractivity contribution in [2.75, 3.05) is 11.5 Å². The van der Waals surface area contributed by atoms with E-state index in [0.29, 0.717) is 28.1 Å². The first-order valence-electron chi connectivity index (χ1n) is 11.7. The van der Waals surface area contributed by atoms with Gasteiger partial charge in [0.2, 0.25) is 0 Å². The summed E-state index contributed by atoms with van der Waals surface area (Å²) < 4.78 is 12.2. The van der Waals surface area contributed by atoms with Gasteiger partial charge < -0.3 is 19.7 Å². The molecule has 0 unspecified atom stereocenters. The average molecular weight is 625 g/mol. The molecule has 4 rings (SSSR count). The summed E-state index contributed by atoms with van der Waals surface area (Å²) in [4.78, 5) is 49.7. The maximum absolute atomic E-state index is 13.4. The standard InChI is InChI=1S/C28H21BrN2O8S/c1-2-38-22-12-16(11-21(29)23(22)39-14-15-6-8-17(9-7-15)26(34)35)10-20-24(32)30-28(40)31(25(20)33)19-5-3-4-18(13-19)27(36)37/h3-13H,2,14H2,1H3,(H,34,35)(H,36,37)(H,30,32,40). The van der Waals surface area contributed by atoms with Gasteiger partial charge in [-0.25, -0.2) is 9.59 Å². The Balaban J connectivity index is 1.64. The van der Waals surface area contributed by atoms with Crippen molar-refractivity contribution in [2.45, 2.75) is 13.5 Å². The lowest BCUT2D eigenvalue weighted by Crippen LogP contribution is -2.54. The Kier molecular flexibility index (Phi) is 8.61. The highest BCUT2D eigenvalue weighted by Gasteiger charge is 2.35. The van der Waals surface area contributed by atoms with E-state index in [1.807, 2.05) is 0 Å². The summed E-state index contributed by atoms with van der Waals surface area (Å²) in [5, 5.41) is 20.7. The van der Waals surface area contributed by atoms with Gasteiger partial charge in [0.15, 0.2) is 16.6 Å². The van der Waals surface area contributed by atoms with Crippen molar-refractivity contribution in [3.63, 3.8) is 0 Å². The minimum Gasteiger partial charge on any atom is -0.490 e. The average Bonchev–Trinajstić information content (AvgIpc) is 2.91. The van der Waals surface area contributed by atoms with E-state index in [2.05, 4.69) is 21.2 Å². The van der Waals surface area contributed by atoms with Crippen LogP contribution < -0.4 is 19.7 Å². The van der Waals surface area contributed by atoms with Gasteiger partial charge in [-0.1, -0.05) is 18.2 Å². The highest BCUT2D eigenvalue weighted by molar-refractivity contribution is 9.10. The molecular weight excluding hydrogens is 604 g/mol. The summed E-state index contributed by atoms with van der Waals surface area (Å²) in [5.74, 6) is -2.92. The summed E-state index contributed by atoms with van der Waals surface area (Å²) >= 11 is 8.66. The number of carboxylic acid groups (broad SMARTS) is 2. The zero-order valence-corrected chi connectivity index (χ0v) is 23.2. The zero-order valence-electron chi connectivity index (χ0n) is 20.8. The van der Waals surface area contributed by atoms with Crippen LogP contribution in [0.5, 0.6) is 11.5 Å². The monoisotopic (exact) mass is 624 g/mol. The largest absolute Gasteiger partial charge is 0.490 e. The van der Waals surface area contributed by atoms with Crippen molar-refractivity contribution in [1.82, 2.24) is 5.32 Å². The lowest BCUT2D eigenvalue weighted by Gasteiger charge is -2.29. The molecule has 0 aromatic heterocycles. The van der Waals surface area contributed by atoms with Crippen LogP contribution in [0, 0.1) is 0 Å². The smallest absolute Gasteiger partial charge is 0.335 e. The molecule has 10 nitrogen and oxygen atoms in total. The van der Waals surface area contributed by atoms with Crippen LogP contribution in [-0.4, -0.2) is 45.7 Å². The molecule has 204 valence electrons. The SMILES string of the molecule is CCOc1cc(C=C2C(=O)NC(=S)N(c3cccc(C(=O)O)c3)C2=O)cc(Br)c1OCc1ccc(C(=O)O)cc1. The summed E-state index contributed by atoms with van der Waals surface area (Å²) in [6, 6.07) is 15.1. The number of amides is 2. The molecule has 40 heavy (non-hydrogen) atoms. The van der Waals surface area contributed by atoms with Gasteiger partial charge in [0, 0.05) is 0 Å². The highest BCUT2D eigenvalue weighted by atomic mass is 79.9. The molecule has 3 aromatic rings. The lowest BCUT2D eigenvalue weighted by molar-refractivity contribution is -0.122. The quantitative estimate of drug-likeness (QED) is 0.176. The van der Waals surface area contributed by atoms with Gasteiger partial charge in [0.25, 0.3) is 11.8 Å². The van der Waals surface area contributed by atoms with E-state index in [0.717, 1.165) is 10.5 Å². The molecule has 1 fully saturated rings. The second-order valence-electron chi connectivity index (χ2n) is 8.37. The molecule has 0 atom stereocenters. The lowest BCUT2D eigenvalue weighted by atomic mass is 10.1. The second kappa shape index (κ2) is 12.1. The molecular formula is C28H21BrN2O8S. The molecule has 0 spiro atoms. The number of hydrogen-bond donors (Lipinski definition) is 3. The van der Waals surface area contributed by atoms with E-state index in [-0.39, 0.29) is 34.1 Å². The topological polar surface area (TPSA) is 142 Å². The van der Waals surface area contributed by atoms with Crippen LogP contribution >= 0.6 is 28.1 Å². The third-order valence-electron chi connectivity index (χ3n) is 5.68. The van der Waals surface area contributed by atoms with E-state index in [4.69, 9.17) is 26.8 Å². The number of benzene rings is 3. The van der Waals surface area contributed by atoms with E-state index in [1.54, 1.807) is 31.2 Å². The van der Waals surface area contributed by atoms with Gasteiger partial charge in [0.1, 0.15) is 12.2 Å². The molecule has 3 aromatic carbocycles. The van der Waals surface area contributed by atoms with Crippen LogP contribution in [0.4, 0.5) is 5.69 Å². The Morgan fingerprint density at radius 1 is 1.00 bits per heavy atom. The van der Waals surface area contributed by atoms with Crippen LogP contribution in [-0.2, 0) is 16.2 Å². The number of carboxylic acids is 2. The normalized spacial score (nSPS) is 14.2. The van der Waals surface area contributed by atoms with Gasteiger partial charge in [-0.15, -0.1) is 0 Å². The molecule has 3 N–H and O–H groups in total. The van der Waals surface area contributed by atoms with Gasteiger partial charge >= 0.3 is 11.9 Å². The molecule has 2 amide bonds. The second-order valence-corrected chi connectivity index (χ2v) is 9.61. The number of aromatic carboxylic acids is 2. The van der Waals surface area contributed by atoms with Crippen molar-refractivity contribution in [3.05, 3.63) is 93.0 Å². The number of ether oxygens (including phenoxy) is 2. The van der Waals surface area contributed by atoms with Crippen molar-refractivity contribution >= 4 is 68.8 Å². The van der Waals surface area contributed by atoms with Crippen molar-refractivity contribution in [2.24, 2.45) is 0 Å². The number of hydrogen-bond acceptors (Lipinski definition) is 7. The van der Waals surface area contributed by atoms with E-state index >= 15 is 0 Å². The van der Waals surface area contributed by atoms with Crippen LogP contribution in [0.1, 0.15) is 38.8 Å². The first kappa shape index (κ1) is 28.5. The Morgan fingerprint density at radius 3 is 2.35 bits per heavy atom. The first-order valence-corrected chi connectivity index (χ1v) is 12.9. The summed E-state index contributed by atoms with van der Waals surface area (Å²) in [7, 11) is 0. The Labute approximate surface area is 241 Å². The van der Waals surface area contributed by atoms with Crippen molar-refractivity contribution < 1.29 is 38.9 Å². The third kappa shape index (κ3) is 6.19. The molecule has 12 heteroatoms. The number of rotatable bonds is 9. The maximum Gasteiger partial charge on any atom is 0.335 e. The Morgan fingerprint density at radius 2 is 1.70 bits per heavy atom. The molecule has 1 aliphatic heterocycles. The number of thiocarbonyl (C=S) groups is 1. The van der Waals surface area contributed by atoms with Crippen LogP contribution in [0.25, 0.3) is 6.08 Å². The predicted octanol–water partition coefficient (Wildman–Crippen LogP) is 4.65. The van der Waals surface area contributed by atoms with E-state index < -0.39 is 23.8 Å². The number of nitrogens with zero attached hydrogens (tertiary/aromatic N) is 1. The maximum atomic E-state index is 13.4. The fourth-order valence-corrected chi connectivity index (χ4v) is 4.67. The number of halogens is 1. The fraction of sp³-hybridized carbons (Fsp3) is 0.107. The minimum absolute atomic E-state index is 0.0470. The zero-order chi connectivity index (χ0) is 29.0. The fourth-order valence-electron chi connectivity index (χ4n) is 3.81. The van der Waals surface area contributed by atoms with E-state index in [9.17, 15) is 24.3 Å². The van der Waals surface area contributed by atoms with Gasteiger partial charge in [-0.05, 0) is 94.7 Å². The van der Waals surface area contributed by atoms with Crippen LogP contribution in [0.2, 0.25) is 0 Å². The molecule has 0 bridgehead atoms. The van der Waals surface area contributed by atoms with E-state index in [1.165, 1.54) is 42.5 Å². The van der Waals surface area contributed by atoms with Gasteiger partial charge in [-0.3, -0.25) is 19.8 Å². The Bertz CT molecular complexity index is 1570. The molecule has 1 aliphatic rings. The number of carbonyl (C=O) groups is 4. The molecule has 1 heterocycles. The summed E-state index contributed by atoms with van der Waals surface area (Å²) in [5.41, 5.74) is 1.26. The Hall–Kier alpha value is -4.55. The molecule has 0 aliphatic carbocycles. The first-order chi connectivity index (χ1) is 19.1. The number of carbonyl (C=O) groups excluding carboxylic acids is 2. The minimum atomic E-state index is -1.18. The third-order valence-corrected chi connectivity index (χ3v) is 6.55. The van der Waals surface area contributed by atoms with Gasteiger partial charge in [0.05, 0.1) is 27.9 Å². The summed E-state index contributed by atoms with van der Waals surface area (Å²) in [6.07, 6.45) is 1.37. The number of nitrogens with one attached hydrogen (secondary N) is 1. The van der Waals surface area contributed by atoms with Crippen molar-refractivity contribution in [3.8, 4) is 11.5 Å². The number of anilines is 1. The van der Waals surface area contributed by atoms with Gasteiger partial charge in [-0.2, -0.15) is 0 Å². The van der Waals surface area contributed by atoms with Crippen molar-refractivity contribution in [1.29, 1.82) is 0 Å².